The minimum Gasteiger partial charge on any atom is -0.482 e. The first kappa shape index (κ1) is 20.7. The number of amides is 1. The third-order valence-electron chi connectivity index (χ3n) is 5.39. The Kier molecular flexibility index (Phi) is 6.99. The third kappa shape index (κ3) is 5.07. The van der Waals surface area contributed by atoms with Crippen LogP contribution >= 0.6 is 11.8 Å². The van der Waals surface area contributed by atoms with Crippen LogP contribution in [0.5, 0.6) is 5.75 Å². The number of ether oxygens (including phenoxy) is 1. The summed E-state index contributed by atoms with van der Waals surface area (Å²) in [6, 6.07) is 6.37. The van der Waals surface area contributed by atoms with Gasteiger partial charge in [-0.15, -0.1) is 10.2 Å². The van der Waals surface area contributed by atoms with Crippen LogP contribution in [-0.2, 0) is 11.8 Å². The Morgan fingerprint density at radius 2 is 2.04 bits per heavy atom. The highest BCUT2D eigenvalue weighted by molar-refractivity contribution is 7.99. The lowest BCUT2D eigenvalue weighted by atomic mass is 9.95. The highest BCUT2D eigenvalue weighted by Crippen LogP contribution is 2.27. The fraction of sp³-hybridized carbons (Fsp3) is 0.571. The lowest BCUT2D eigenvalue weighted by Crippen LogP contribution is -2.37. The van der Waals surface area contributed by atoms with E-state index in [9.17, 15) is 4.79 Å². The highest BCUT2D eigenvalue weighted by Gasteiger charge is 2.20. The molecule has 0 spiro atoms. The number of nitrogens with zero attached hydrogens (tertiary/aromatic N) is 3. The number of rotatable bonds is 7. The van der Waals surface area contributed by atoms with Gasteiger partial charge >= 0.3 is 0 Å². The number of benzene rings is 1. The molecule has 0 aliphatic heterocycles. The second-order valence-electron chi connectivity index (χ2n) is 7.55. The number of aryl methyl sites for hydroxylation is 1. The lowest BCUT2D eigenvalue weighted by molar-refractivity contribution is -0.119. The molecule has 1 N–H and O–H groups in total. The molecule has 0 bridgehead atoms. The summed E-state index contributed by atoms with van der Waals surface area (Å²) in [7, 11) is 1.92. The SMILES string of the molecule is Cc1cccc(OC(C)c2nnc(SCC(=O)NC3CCCCC3)n2C)c1C. The number of carbonyl (C=O) groups excluding carboxylic acids is 1. The van der Waals surface area contributed by atoms with Gasteiger partial charge < -0.3 is 14.6 Å². The molecule has 152 valence electrons. The lowest BCUT2D eigenvalue weighted by Gasteiger charge is -2.22. The van der Waals surface area contributed by atoms with Gasteiger partial charge in [0.05, 0.1) is 5.75 Å². The van der Waals surface area contributed by atoms with Crippen molar-refractivity contribution in [2.24, 2.45) is 7.05 Å². The van der Waals surface area contributed by atoms with Crippen molar-refractivity contribution < 1.29 is 9.53 Å². The van der Waals surface area contributed by atoms with E-state index in [4.69, 9.17) is 4.74 Å². The van der Waals surface area contributed by atoms with E-state index in [0.29, 0.717) is 11.8 Å². The van der Waals surface area contributed by atoms with Crippen molar-refractivity contribution in [3.05, 3.63) is 35.2 Å². The van der Waals surface area contributed by atoms with E-state index in [1.807, 2.05) is 30.7 Å². The van der Waals surface area contributed by atoms with Crippen molar-refractivity contribution in [1.29, 1.82) is 0 Å². The van der Waals surface area contributed by atoms with Crippen LogP contribution in [-0.4, -0.2) is 32.5 Å². The number of aromatic nitrogens is 3. The predicted molar refractivity (Wildman–Crippen MR) is 112 cm³/mol. The van der Waals surface area contributed by atoms with Crippen LogP contribution in [0.2, 0.25) is 0 Å². The van der Waals surface area contributed by atoms with Crippen LogP contribution in [0.3, 0.4) is 0 Å². The standard InChI is InChI=1S/C21H30N4O2S/c1-14-9-8-12-18(15(14)2)27-16(3)20-23-24-21(25(20)4)28-13-19(26)22-17-10-6-5-7-11-17/h8-9,12,16-17H,5-7,10-11,13H2,1-4H3,(H,22,26). The fourth-order valence-corrected chi connectivity index (χ4v) is 4.28. The Morgan fingerprint density at radius 3 is 2.79 bits per heavy atom. The van der Waals surface area contributed by atoms with Crippen molar-refractivity contribution >= 4 is 17.7 Å². The molecule has 1 heterocycles. The molecule has 1 amide bonds. The molecule has 1 aromatic heterocycles. The number of thioether (sulfide) groups is 1. The molecule has 1 unspecified atom stereocenters. The van der Waals surface area contributed by atoms with E-state index < -0.39 is 0 Å². The minimum atomic E-state index is -0.233. The van der Waals surface area contributed by atoms with E-state index in [1.54, 1.807) is 0 Å². The van der Waals surface area contributed by atoms with Gasteiger partial charge in [-0.3, -0.25) is 4.79 Å². The first-order chi connectivity index (χ1) is 13.5. The van der Waals surface area contributed by atoms with E-state index in [-0.39, 0.29) is 12.0 Å². The van der Waals surface area contributed by atoms with Crippen molar-refractivity contribution in [2.45, 2.75) is 70.2 Å². The molecular weight excluding hydrogens is 372 g/mol. The molecular formula is C21H30N4O2S. The van der Waals surface area contributed by atoms with Gasteiger partial charge in [0, 0.05) is 13.1 Å². The van der Waals surface area contributed by atoms with Crippen molar-refractivity contribution in [2.75, 3.05) is 5.75 Å². The Morgan fingerprint density at radius 1 is 1.29 bits per heavy atom. The van der Waals surface area contributed by atoms with Gasteiger partial charge in [-0.25, -0.2) is 0 Å². The Bertz CT molecular complexity index is 815. The van der Waals surface area contributed by atoms with Gasteiger partial charge in [0.1, 0.15) is 5.75 Å². The van der Waals surface area contributed by atoms with E-state index in [1.165, 1.54) is 36.6 Å². The van der Waals surface area contributed by atoms with E-state index >= 15 is 0 Å². The van der Waals surface area contributed by atoms with Gasteiger partial charge in [0.15, 0.2) is 17.1 Å². The van der Waals surface area contributed by atoms with E-state index in [0.717, 1.165) is 35.1 Å². The van der Waals surface area contributed by atoms with Crippen LogP contribution in [0.25, 0.3) is 0 Å². The van der Waals surface area contributed by atoms with Crippen molar-refractivity contribution in [3.8, 4) is 5.75 Å². The normalized spacial score (nSPS) is 16.0. The van der Waals surface area contributed by atoms with Crippen LogP contribution in [0.15, 0.2) is 23.4 Å². The Hall–Kier alpha value is -2.02. The maximum Gasteiger partial charge on any atom is 0.230 e. The highest BCUT2D eigenvalue weighted by atomic mass is 32.2. The fourth-order valence-electron chi connectivity index (χ4n) is 3.55. The number of hydrogen-bond donors (Lipinski definition) is 1. The van der Waals surface area contributed by atoms with Gasteiger partial charge in [0.25, 0.3) is 0 Å². The van der Waals surface area contributed by atoms with Gasteiger partial charge in [-0.1, -0.05) is 43.2 Å². The summed E-state index contributed by atoms with van der Waals surface area (Å²) in [5, 5.41) is 12.4. The predicted octanol–water partition coefficient (Wildman–Crippen LogP) is 4.11. The summed E-state index contributed by atoms with van der Waals surface area (Å²) in [5.74, 6) is 2.03. The summed E-state index contributed by atoms with van der Waals surface area (Å²) >= 11 is 1.42. The summed E-state index contributed by atoms with van der Waals surface area (Å²) in [6.07, 6.45) is 5.66. The zero-order valence-corrected chi connectivity index (χ0v) is 18.0. The second-order valence-corrected chi connectivity index (χ2v) is 8.49. The second kappa shape index (κ2) is 9.45. The van der Waals surface area contributed by atoms with E-state index in [2.05, 4.69) is 35.4 Å². The van der Waals surface area contributed by atoms with Crippen LogP contribution in [0.1, 0.15) is 62.1 Å². The molecule has 2 aromatic rings. The van der Waals surface area contributed by atoms with Crippen LogP contribution in [0, 0.1) is 13.8 Å². The maximum atomic E-state index is 12.2. The van der Waals surface area contributed by atoms with Gasteiger partial charge in [-0.2, -0.15) is 0 Å². The largest absolute Gasteiger partial charge is 0.482 e. The Balaban J connectivity index is 1.56. The Labute approximate surface area is 171 Å². The topological polar surface area (TPSA) is 69.0 Å². The number of carbonyl (C=O) groups is 1. The molecule has 0 radical (unpaired) electrons. The molecule has 1 aliphatic carbocycles. The molecule has 7 heteroatoms. The average molecular weight is 403 g/mol. The quantitative estimate of drug-likeness (QED) is 0.706. The number of nitrogens with one attached hydrogen (secondary N) is 1. The molecule has 1 saturated carbocycles. The molecule has 28 heavy (non-hydrogen) atoms. The summed E-state index contributed by atoms with van der Waals surface area (Å²) in [6.45, 7) is 6.10. The molecule has 1 fully saturated rings. The molecule has 0 saturated heterocycles. The maximum absolute atomic E-state index is 12.2. The zero-order chi connectivity index (χ0) is 20.1. The van der Waals surface area contributed by atoms with Crippen LogP contribution < -0.4 is 10.1 Å². The summed E-state index contributed by atoms with van der Waals surface area (Å²) in [4.78, 5) is 12.2. The molecule has 1 atom stereocenters. The first-order valence-corrected chi connectivity index (χ1v) is 11.0. The summed E-state index contributed by atoms with van der Waals surface area (Å²) < 4.78 is 8.03. The van der Waals surface area contributed by atoms with Crippen molar-refractivity contribution in [1.82, 2.24) is 20.1 Å². The van der Waals surface area contributed by atoms with Gasteiger partial charge in [0.2, 0.25) is 5.91 Å². The third-order valence-corrected chi connectivity index (χ3v) is 6.41. The molecule has 3 rings (SSSR count). The molecule has 1 aromatic carbocycles. The molecule has 6 nitrogen and oxygen atoms in total. The van der Waals surface area contributed by atoms with Crippen molar-refractivity contribution in [3.63, 3.8) is 0 Å². The summed E-state index contributed by atoms with van der Waals surface area (Å²) in [5.41, 5.74) is 2.33. The molecule has 1 aliphatic rings. The smallest absolute Gasteiger partial charge is 0.230 e. The first-order valence-electron chi connectivity index (χ1n) is 10.00. The zero-order valence-electron chi connectivity index (χ0n) is 17.2. The average Bonchev–Trinajstić information content (AvgIpc) is 3.05. The minimum absolute atomic E-state index is 0.0705. The monoisotopic (exact) mass is 402 g/mol. The van der Waals surface area contributed by atoms with Gasteiger partial charge in [-0.05, 0) is 50.8 Å². The number of hydrogen-bond acceptors (Lipinski definition) is 5. The van der Waals surface area contributed by atoms with Crippen LogP contribution in [0.4, 0.5) is 0 Å².